The van der Waals surface area contributed by atoms with Gasteiger partial charge in [0.2, 0.25) is 5.91 Å². The van der Waals surface area contributed by atoms with Crippen LogP contribution in [-0.2, 0) is 9.53 Å². The Morgan fingerprint density at radius 2 is 2.33 bits per heavy atom. The quantitative estimate of drug-likeness (QED) is 0.813. The molecule has 2 atom stereocenters. The highest BCUT2D eigenvalue weighted by molar-refractivity contribution is 5.95. The third-order valence-corrected chi connectivity index (χ3v) is 4.17. The first kappa shape index (κ1) is 15.8. The minimum absolute atomic E-state index is 0.0155. The Hall–Kier alpha value is -1.59. The number of hydrogen-bond donors (Lipinski definition) is 2. The Bertz CT molecular complexity index is 504. The standard InChI is InChI=1S/C16H25N3O2/c1-11-4-5-14(17)8-15(11)18-16(20)12(2)19-7-6-13(9-19)10-21-3/h4-5,8,12-13H,6-7,9-10,17H2,1-3H3,(H,18,20). The van der Waals surface area contributed by atoms with Gasteiger partial charge in [-0.2, -0.15) is 0 Å². The van der Waals surface area contributed by atoms with Crippen LogP contribution in [0, 0.1) is 12.8 Å². The summed E-state index contributed by atoms with van der Waals surface area (Å²) in [5.41, 5.74) is 8.24. The zero-order chi connectivity index (χ0) is 15.4. The predicted molar refractivity (Wildman–Crippen MR) is 85.2 cm³/mol. The summed E-state index contributed by atoms with van der Waals surface area (Å²) in [6.07, 6.45) is 1.09. The van der Waals surface area contributed by atoms with Crippen LogP contribution in [0.5, 0.6) is 0 Å². The van der Waals surface area contributed by atoms with Crippen molar-refractivity contribution in [3.63, 3.8) is 0 Å². The first-order valence-electron chi connectivity index (χ1n) is 7.41. The second-order valence-corrected chi connectivity index (χ2v) is 5.84. The molecule has 0 aliphatic carbocycles. The number of anilines is 2. The summed E-state index contributed by atoms with van der Waals surface area (Å²) in [6, 6.07) is 5.41. The summed E-state index contributed by atoms with van der Waals surface area (Å²) in [6.45, 7) is 6.53. The number of carbonyl (C=O) groups is 1. The number of benzene rings is 1. The van der Waals surface area contributed by atoms with Crippen molar-refractivity contribution < 1.29 is 9.53 Å². The van der Waals surface area contributed by atoms with E-state index in [1.165, 1.54) is 0 Å². The Balaban J connectivity index is 1.95. The molecule has 0 aromatic heterocycles. The van der Waals surface area contributed by atoms with Crippen LogP contribution in [0.1, 0.15) is 18.9 Å². The van der Waals surface area contributed by atoms with Crippen LogP contribution in [0.2, 0.25) is 0 Å². The number of nitrogens with two attached hydrogens (primary N) is 1. The van der Waals surface area contributed by atoms with Gasteiger partial charge in [0.1, 0.15) is 0 Å². The summed E-state index contributed by atoms with van der Waals surface area (Å²) >= 11 is 0. The molecule has 5 nitrogen and oxygen atoms in total. The second kappa shape index (κ2) is 6.91. The largest absolute Gasteiger partial charge is 0.399 e. The van der Waals surface area contributed by atoms with Gasteiger partial charge in [0.15, 0.2) is 0 Å². The first-order valence-corrected chi connectivity index (χ1v) is 7.41. The van der Waals surface area contributed by atoms with Crippen molar-refractivity contribution in [2.75, 3.05) is 37.9 Å². The molecular weight excluding hydrogens is 266 g/mol. The smallest absolute Gasteiger partial charge is 0.241 e. The molecule has 1 saturated heterocycles. The van der Waals surface area contributed by atoms with Crippen LogP contribution in [0.25, 0.3) is 0 Å². The van der Waals surface area contributed by atoms with Crippen LogP contribution in [0.3, 0.4) is 0 Å². The Morgan fingerprint density at radius 3 is 3.05 bits per heavy atom. The molecule has 1 fully saturated rings. The number of nitrogens with one attached hydrogen (secondary N) is 1. The lowest BCUT2D eigenvalue weighted by atomic mass is 10.1. The van der Waals surface area contributed by atoms with Crippen molar-refractivity contribution in [2.45, 2.75) is 26.3 Å². The number of methoxy groups -OCH3 is 1. The summed E-state index contributed by atoms with van der Waals surface area (Å²) < 4.78 is 5.20. The zero-order valence-electron chi connectivity index (χ0n) is 13.1. The van der Waals surface area contributed by atoms with E-state index in [-0.39, 0.29) is 11.9 Å². The van der Waals surface area contributed by atoms with E-state index >= 15 is 0 Å². The summed E-state index contributed by atoms with van der Waals surface area (Å²) in [7, 11) is 1.72. The minimum Gasteiger partial charge on any atom is -0.399 e. The van der Waals surface area contributed by atoms with Gasteiger partial charge in [0.25, 0.3) is 0 Å². The normalized spacial score (nSPS) is 20.4. The molecule has 116 valence electrons. The molecule has 1 aromatic carbocycles. The topological polar surface area (TPSA) is 67.6 Å². The van der Waals surface area contributed by atoms with E-state index in [1.54, 1.807) is 13.2 Å². The molecule has 0 bridgehead atoms. The third-order valence-electron chi connectivity index (χ3n) is 4.17. The van der Waals surface area contributed by atoms with Crippen molar-refractivity contribution in [3.8, 4) is 0 Å². The lowest BCUT2D eigenvalue weighted by Gasteiger charge is -2.24. The lowest BCUT2D eigenvalue weighted by molar-refractivity contribution is -0.120. The monoisotopic (exact) mass is 291 g/mol. The highest BCUT2D eigenvalue weighted by Crippen LogP contribution is 2.21. The van der Waals surface area contributed by atoms with E-state index < -0.39 is 0 Å². The molecule has 5 heteroatoms. The maximum atomic E-state index is 12.4. The van der Waals surface area contributed by atoms with Gasteiger partial charge in [-0.1, -0.05) is 6.07 Å². The van der Waals surface area contributed by atoms with Gasteiger partial charge in [-0.3, -0.25) is 9.69 Å². The van der Waals surface area contributed by atoms with Crippen molar-refractivity contribution in [1.82, 2.24) is 4.90 Å². The van der Waals surface area contributed by atoms with Crippen LogP contribution in [0.15, 0.2) is 18.2 Å². The van der Waals surface area contributed by atoms with Crippen molar-refractivity contribution in [1.29, 1.82) is 0 Å². The molecule has 0 radical (unpaired) electrons. The second-order valence-electron chi connectivity index (χ2n) is 5.84. The number of carbonyl (C=O) groups excluding carboxylic acids is 1. The molecule has 1 aliphatic rings. The molecule has 21 heavy (non-hydrogen) atoms. The molecule has 1 aliphatic heterocycles. The molecule has 3 N–H and O–H groups in total. The molecule has 0 saturated carbocycles. The lowest BCUT2D eigenvalue weighted by Crippen LogP contribution is -2.41. The van der Waals surface area contributed by atoms with E-state index in [9.17, 15) is 4.79 Å². The van der Waals surface area contributed by atoms with E-state index in [1.807, 2.05) is 26.0 Å². The zero-order valence-corrected chi connectivity index (χ0v) is 13.1. The fourth-order valence-corrected chi connectivity index (χ4v) is 2.76. The van der Waals surface area contributed by atoms with Gasteiger partial charge < -0.3 is 15.8 Å². The Kier molecular flexibility index (Phi) is 5.20. The summed E-state index contributed by atoms with van der Waals surface area (Å²) in [5, 5.41) is 2.98. The van der Waals surface area contributed by atoms with Crippen LogP contribution < -0.4 is 11.1 Å². The molecule has 1 aromatic rings. The number of rotatable bonds is 5. The number of nitrogen functional groups attached to an aromatic ring is 1. The fraction of sp³-hybridized carbons (Fsp3) is 0.562. The van der Waals surface area contributed by atoms with Crippen LogP contribution in [0.4, 0.5) is 11.4 Å². The van der Waals surface area contributed by atoms with E-state index in [2.05, 4.69) is 10.2 Å². The molecule has 2 rings (SSSR count). The van der Waals surface area contributed by atoms with Gasteiger partial charge in [-0.15, -0.1) is 0 Å². The van der Waals surface area contributed by atoms with Crippen molar-refractivity contribution >= 4 is 17.3 Å². The van der Waals surface area contributed by atoms with Gasteiger partial charge >= 0.3 is 0 Å². The van der Waals surface area contributed by atoms with E-state index in [4.69, 9.17) is 10.5 Å². The summed E-state index contributed by atoms with van der Waals surface area (Å²) in [5.74, 6) is 0.543. The maximum absolute atomic E-state index is 12.4. The Morgan fingerprint density at radius 1 is 1.57 bits per heavy atom. The minimum atomic E-state index is -0.146. The molecule has 1 amide bonds. The van der Waals surface area contributed by atoms with Crippen LogP contribution >= 0.6 is 0 Å². The van der Waals surface area contributed by atoms with Crippen LogP contribution in [-0.4, -0.2) is 43.7 Å². The summed E-state index contributed by atoms with van der Waals surface area (Å²) in [4.78, 5) is 14.6. The average Bonchev–Trinajstić information content (AvgIpc) is 2.91. The SMILES string of the molecule is COCC1CCN(C(C)C(=O)Nc2cc(N)ccc2C)C1. The van der Waals surface area contributed by atoms with E-state index in [0.29, 0.717) is 11.6 Å². The third kappa shape index (κ3) is 3.95. The number of amides is 1. The van der Waals surface area contributed by atoms with Crippen molar-refractivity contribution in [3.05, 3.63) is 23.8 Å². The first-order chi connectivity index (χ1) is 10.0. The van der Waals surface area contributed by atoms with E-state index in [0.717, 1.165) is 37.4 Å². The number of nitrogens with zero attached hydrogens (tertiary/aromatic N) is 1. The highest BCUT2D eigenvalue weighted by Gasteiger charge is 2.29. The van der Waals surface area contributed by atoms with Gasteiger partial charge in [-0.25, -0.2) is 0 Å². The molecule has 0 spiro atoms. The fourth-order valence-electron chi connectivity index (χ4n) is 2.76. The number of aryl methyl sites for hydroxylation is 1. The molecular formula is C16H25N3O2. The van der Waals surface area contributed by atoms with Gasteiger partial charge in [-0.05, 0) is 50.4 Å². The van der Waals surface area contributed by atoms with Crippen molar-refractivity contribution in [2.24, 2.45) is 5.92 Å². The molecule has 1 heterocycles. The highest BCUT2D eigenvalue weighted by atomic mass is 16.5. The number of ether oxygens (including phenoxy) is 1. The number of likely N-dealkylation sites (tertiary alicyclic amines) is 1. The maximum Gasteiger partial charge on any atom is 0.241 e. The van der Waals surface area contributed by atoms with Gasteiger partial charge in [0, 0.05) is 25.0 Å². The van der Waals surface area contributed by atoms with Gasteiger partial charge in [0.05, 0.1) is 12.6 Å². The Labute approximate surface area is 126 Å². The predicted octanol–water partition coefficient (Wildman–Crippen LogP) is 1.87. The average molecular weight is 291 g/mol. The molecule has 2 unspecified atom stereocenters. The number of hydrogen-bond acceptors (Lipinski definition) is 4.